The summed E-state index contributed by atoms with van der Waals surface area (Å²) in [6.07, 6.45) is 3.13. The largest absolute Gasteiger partial charge is 0.349 e. The summed E-state index contributed by atoms with van der Waals surface area (Å²) in [5.41, 5.74) is -0.453. The van der Waals surface area contributed by atoms with Crippen molar-refractivity contribution in [3.8, 4) is 5.69 Å². The summed E-state index contributed by atoms with van der Waals surface area (Å²) < 4.78 is 1.16. The Kier molecular flexibility index (Phi) is 4.68. The topological polar surface area (TPSA) is 67.8 Å². The summed E-state index contributed by atoms with van der Waals surface area (Å²) in [6, 6.07) is 15.8. The molecule has 3 rings (SSSR count). The fraction of sp³-hybridized carbons (Fsp3) is 0.0625. The molecule has 0 fully saturated rings. The average molecular weight is 343 g/mol. The Morgan fingerprint density at radius 1 is 0.913 bits per heavy atom. The number of hydrogen-bond acceptors (Lipinski definition) is 5. The molecule has 0 amide bonds. The van der Waals surface area contributed by atoms with Crippen LogP contribution < -0.4 is 11.2 Å². The van der Waals surface area contributed by atoms with Gasteiger partial charge in [0.2, 0.25) is 0 Å². The number of hydrogen-bond donors (Lipinski definition) is 1. The lowest BCUT2D eigenvalue weighted by atomic mass is 10.3. The lowest BCUT2D eigenvalue weighted by molar-refractivity contribution is 0.749. The van der Waals surface area contributed by atoms with Gasteiger partial charge in [-0.3, -0.25) is 9.78 Å². The van der Waals surface area contributed by atoms with E-state index < -0.39 is 11.2 Å². The van der Waals surface area contributed by atoms with Crippen LogP contribution in [0.2, 0.25) is 0 Å². The fourth-order valence-electron chi connectivity index (χ4n) is 1.97. The van der Waals surface area contributed by atoms with Gasteiger partial charge in [-0.15, -0.1) is 11.8 Å². The van der Waals surface area contributed by atoms with Gasteiger partial charge in [0.15, 0.2) is 0 Å². The first-order chi connectivity index (χ1) is 11.2. The van der Waals surface area contributed by atoms with Gasteiger partial charge in [-0.05, 0) is 54.8 Å². The molecule has 0 saturated heterocycles. The zero-order valence-electron chi connectivity index (χ0n) is 12.2. The van der Waals surface area contributed by atoms with E-state index in [0.29, 0.717) is 5.69 Å². The van der Waals surface area contributed by atoms with Gasteiger partial charge in [0.1, 0.15) is 6.20 Å². The average Bonchev–Trinajstić information content (AvgIpc) is 2.57. The van der Waals surface area contributed by atoms with Crippen LogP contribution >= 0.6 is 23.5 Å². The van der Waals surface area contributed by atoms with Crippen molar-refractivity contribution >= 4 is 23.5 Å². The van der Waals surface area contributed by atoms with E-state index in [1.54, 1.807) is 35.7 Å². The Labute approximate surface area is 140 Å². The van der Waals surface area contributed by atoms with Crippen molar-refractivity contribution in [2.24, 2.45) is 0 Å². The second-order valence-electron chi connectivity index (χ2n) is 4.62. The number of thioether (sulfide) groups is 1. The maximum absolute atomic E-state index is 11.7. The van der Waals surface area contributed by atoms with Crippen molar-refractivity contribution in [2.45, 2.75) is 14.7 Å². The van der Waals surface area contributed by atoms with Crippen LogP contribution in [0.5, 0.6) is 0 Å². The van der Waals surface area contributed by atoms with Gasteiger partial charge in [0.25, 0.3) is 5.56 Å². The third kappa shape index (κ3) is 3.75. The summed E-state index contributed by atoms with van der Waals surface area (Å²) in [5.74, 6) is 0. The molecule has 0 aliphatic heterocycles. The van der Waals surface area contributed by atoms with E-state index in [-0.39, 0.29) is 0 Å². The molecule has 3 aromatic rings. The van der Waals surface area contributed by atoms with Crippen molar-refractivity contribution in [2.75, 3.05) is 6.26 Å². The van der Waals surface area contributed by atoms with Crippen molar-refractivity contribution in [1.29, 1.82) is 0 Å². The molecule has 5 nitrogen and oxygen atoms in total. The Morgan fingerprint density at radius 2 is 1.48 bits per heavy atom. The zero-order valence-corrected chi connectivity index (χ0v) is 13.9. The Balaban J connectivity index is 1.81. The molecule has 0 aliphatic rings. The van der Waals surface area contributed by atoms with E-state index in [4.69, 9.17) is 0 Å². The Morgan fingerprint density at radius 3 is 2.04 bits per heavy atom. The minimum absolute atomic E-state index is 0.507. The normalized spacial score (nSPS) is 10.7. The molecule has 7 heteroatoms. The van der Waals surface area contributed by atoms with Crippen LogP contribution in [0.3, 0.4) is 0 Å². The van der Waals surface area contributed by atoms with Crippen LogP contribution in [0.15, 0.2) is 79.0 Å². The van der Waals surface area contributed by atoms with Gasteiger partial charge in [-0.1, -0.05) is 11.8 Å². The number of aromatic nitrogens is 3. The summed E-state index contributed by atoms with van der Waals surface area (Å²) in [4.78, 5) is 28.4. The van der Waals surface area contributed by atoms with Crippen LogP contribution in [0, 0.1) is 0 Å². The predicted octanol–water partition coefficient (Wildman–Crippen LogP) is 2.79. The number of aromatic amines is 1. The molecule has 0 saturated carbocycles. The van der Waals surface area contributed by atoms with Gasteiger partial charge >= 0.3 is 5.69 Å². The fourth-order valence-corrected chi connectivity index (χ4v) is 3.20. The molecule has 0 radical (unpaired) electrons. The minimum Gasteiger partial charge on any atom is -0.271 e. The lowest BCUT2D eigenvalue weighted by Crippen LogP contribution is -2.30. The van der Waals surface area contributed by atoms with Crippen molar-refractivity contribution < 1.29 is 0 Å². The third-order valence-corrected chi connectivity index (χ3v) is 4.85. The van der Waals surface area contributed by atoms with Gasteiger partial charge < -0.3 is 0 Å². The van der Waals surface area contributed by atoms with E-state index in [1.807, 2.05) is 18.4 Å². The number of nitrogens with zero attached hydrogens (tertiary/aromatic N) is 2. The van der Waals surface area contributed by atoms with Crippen molar-refractivity contribution in [3.05, 3.63) is 75.6 Å². The van der Waals surface area contributed by atoms with Crippen molar-refractivity contribution in [3.63, 3.8) is 0 Å². The smallest absolute Gasteiger partial charge is 0.271 e. The molecule has 1 heterocycles. The highest BCUT2D eigenvalue weighted by molar-refractivity contribution is 7.99. The van der Waals surface area contributed by atoms with E-state index in [1.165, 1.54) is 4.90 Å². The molecule has 23 heavy (non-hydrogen) atoms. The summed E-state index contributed by atoms with van der Waals surface area (Å²) in [7, 11) is 0. The predicted molar refractivity (Wildman–Crippen MR) is 92.8 cm³/mol. The van der Waals surface area contributed by atoms with Gasteiger partial charge in [-0.2, -0.15) is 9.78 Å². The second-order valence-corrected chi connectivity index (χ2v) is 6.65. The van der Waals surface area contributed by atoms with E-state index in [2.05, 4.69) is 34.3 Å². The number of benzene rings is 2. The number of H-pyrrole nitrogens is 1. The zero-order chi connectivity index (χ0) is 16.2. The SMILES string of the molecule is CSc1ccc(Sc2ccc(-n3ncc(=O)[nH]c3=O)cc2)cc1. The molecule has 0 unspecified atom stereocenters. The Hall–Kier alpha value is -2.25. The van der Waals surface area contributed by atoms with Gasteiger partial charge in [0.05, 0.1) is 5.69 Å². The Bertz CT molecular complexity index is 916. The molecule has 1 aromatic heterocycles. The first-order valence-corrected chi connectivity index (χ1v) is 8.81. The quantitative estimate of drug-likeness (QED) is 0.738. The monoisotopic (exact) mass is 343 g/mol. The molecule has 1 N–H and O–H groups in total. The first kappa shape index (κ1) is 15.6. The van der Waals surface area contributed by atoms with E-state index in [9.17, 15) is 9.59 Å². The molecule has 0 spiro atoms. The summed E-state index contributed by atoms with van der Waals surface area (Å²) in [6.45, 7) is 0. The van der Waals surface area contributed by atoms with E-state index in [0.717, 1.165) is 20.7 Å². The van der Waals surface area contributed by atoms with Crippen LogP contribution in [0.4, 0.5) is 0 Å². The number of nitrogens with one attached hydrogen (secondary N) is 1. The molecule has 0 atom stereocenters. The summed E-state index contributed by atoms with van der Waals surface area (Å²) in [5, 5.41) is 3.83. The van der Waals surface area contributed by atoms with Crippen LogP contribution in [0.25, 0.3) is 5.69 Å². The lowest BCUT2D eigenvalue weighted by Gasteiger charge is -2.05. The van der Waals surface area contributed by atoms with Crippen LogP contribution in [-0.4, -0.2) is 21.0 Å². The van der Waals surface area contributed by atoms with Crippen LogP contribution in [-0.2, 0) is 0 Å². The molecule has 116 valence electrons. The second kappa shape index (κ2) is 6.89. The van der Waals surface area contributed by atoms with Gasteiger partial charge in [0, 0.05) is 14.7 Å². The molecule has 0 aliphatic carbocycles. The third-order valence-electron chi connectivity index (χ3n) is 3.09. The molecular formula is C16H13N3O2S2. The maximum Gasteiger partial charge on any atom is 0.349 e. The standard InChI is InChI=1S/C16H13N3O2S2/c1-22-12-6-8-14(9-7-12)23-13-4-2-11(3-5-13)19-16(21)18-15(20)10-17-19/h2-10H,1H3,(H,18,20,21). The van der Waals surface area contributed by atoms with Crippen molar-refractivity contribution in [1.82, 2.24) is 14.8 Å². The number of rotatable bonds is 4. The highest BCUT2D eigenvalue weighted by Crippen LogP contribution is 2.29. The molecule has 0 bridgehead atoms. The molecule has 2 aromatic carbocycles. The minimum atomic E-state index is -0.550. The highest BCUT2D eigenvalue weighted by atomic mass is 32.2. The van der Waals surface area contributed by atoms with Gasteiger partial charge in [-0.25, -0.2) is 4.79 Å². The maximum atomic E-state index is 11.7. The summed E-state index contributed by atoms with van der Waals surface area (Å²) >= 11 is 3.35. The van der Waals surface area contributed by atoms with Crippen LogP contribution in [0.1, 0.15) is 0 Å². The molecular weight excluding hydrogens is 330 g/mol. The van der Waals surface area contributed by atoms with E-state index >= 15 is 0 Å². The highest BCUT2D eigenvalue weighted by Gasteiger charge is 2.03. The first-order valence-electron chi connectivity index (χ1n) is 6.77.